The van der Waals surface area contributed by atoms with Crippen LogP contribution in [0.3, 0.4) is 0 Å². The van der Waals surface area contributed by atoms with Gasteiger partial charge in [0, 0.05) is 38.6 Å². The molecule has 6 heteroatoms. The van der Waals surface area contributed by atoms with Gasteiger partial charge in [0.05, 0.1) is 11.8 Å². The molecule has 128 valence electrons. The third-order valence-corrected chi connectivity index (χ3v) is 4.61. The molecule has 0 radical (unpaired) electrons. The van der Waals surface area contributed by atoms with Gasteiger partial charge in [-0.15, -0.1) is 0 Å². The second-order valence-corrected chi connectivity index (χ2v) is 6.60. The summed E-state index contributed by atoms with van der Waals surface area (Å²) in [6.07, 6.45) is 7.55. The number of nitrogens with zero attached hydrogens (tertiary/aromatic N) is 3. The van der Waals surface area contributed by atoms with Crippen molar-refractivity contribution in [3.8, 4) is 0 Å². The number of furan rings is 1. The highest BCUT2D eigenvalue weighted by Crippen LogP contribution is 2.20. The van der Waals surface area contributed by atoms with Gasteiger partial charge < -0.3 is 18.8 Å². The predicted octanol–water partition coefficient (Wildman–Crippen LogP) is 2.19. The normalized spacial score (nSPS) is 16.1. The molecule has 0 bridgehead atoms. The highest BCUT2D eigenvalue weighted by Gasteiger charge is 2.34. The van der Waals surface area contributed by atoms with E-state index in [-0.39, 0.29) is 11.8 Å². The quantitative estimate of drug-likeness (QED) is 0.867. The van der Waals surface area contributed by atoms with Crippen LogP contribution < -0.4 is 0 Å². The van der Waals surface area contributed by atoms with Crippen LogP contribution in [-0.4, -0.2) is 52.4 Å². The SMILES string of the molecule is CC(C)(C(=O)N1CCCN(C(=O)c2ccoc2)CC1)n1cccc1. The molecular weight excluding hydrogens is 306 g/mol. The van der Waals surface area contributed by atoms with E-state index in [2.05, 4.69) is 0 Å². The van der Waals surface area contributed by atoms with Crippen LogP contribution in [0.25, 0.3) is 0 Å². The molecule has 1 fully saturated rings. The smallest absolute Gasteiger partial charge is 0.257 e. The molecule has 3 heterocycles. The lowest BCUT2D eigenvalue weighted by molar-refractivity contribution is -0.139. The Labute approximate surface area is 141 Å². The van der Waals surface area contributed by atoms with E-state index in [4.69, 9.17) is 4.42 Å². The van der Waals surface area contributed by atoms with Crippen molar-refractivity contribution < 1.29 is 14.0 Å². The molecule has 2 amide bonds. The van der Waals surface area contributed by atoms with Crippen molar-refractivity contribution in [1.82, 2.24) is 14.4 Å². The summed E-state index contributed by atoms with van der Waals surface area (Å²) in [6, 6.07) is 5.51. The second-order valence-electron chi connectivity index (χ2n) is 6.60. The number of amides is 2. The highest BCUT2D eigenvalue weighted by atomic mass is 16.3. The van der Waals surface area contributed by atoms with Crippen LogP contribution in [0.5, 0.6) is 0 Å². The highest BCUT2D eigenvalue weighted by molar-refractivity contribution is 5.94. The Morgan fingerprint density at radius 3 is 2.38 bits per heavy atom. The average Bonchev–Trinajstić information content (AvgIpc) is 3.24. The molecule has 3 rings (SSSR count). The fourth-order valence-electron chi connectivity index (χ4n) is 3.10. The van der Waals surface area contributed by atoms with Gasteiger partial charge in [0.1, 0.15) is 11.8 Å². The summed E-state index contributed by atoms with van der Waals surface area (Å²) < 4.78 is 6.91. The molecule has 1 aliphatic rings. The number of hydrogen-bond acceptors (Lipinski definition) is 3. The Balaban J connectivity index is 1.67. The Morgan fingerprint density at radius 2 is 1.71 bits per heavy atom. The standard InChI is InChI=1S/C18H23N3O3/c1-18(2,21-9-3-4-10-21)17(23)20-8-5-7-19(11-12-20)16(22)15-6-13-24-14-15/h3-4,6,9-10,13-14H,5,7-8,11-12H2,1-2H3. The van der Waals surface area contributed by atoms with E-state index < -0.39 is 5.54 Å². The number of rotatable bonds is 3. The lowest BCUT2D eigenvalue weighted by Crippen LogP contribution is -2.48. The molecule has 0 aromatic carbocycles. The maximum atomic E-state index is 13.0. The zero-order valence-corrected chi connectivity index (χ0v) is 14.1. The summed E-state index contributed by atoms with van der Waals surface area (Å²) in [5.74, 6) is 0.0408. The van der Waals surface area contributed by atoms with Gasteiger partial charge in [0.25, 0.3) is 5.91 Å². The van der Waals surface area contributed by atoms with Crippen molar-refractivity contribution in [3.63, 3.8) is 0 Å². The van der Waals surface area contributed by atoms with Crippen molar-refractivity contribution in [2.45, 2.75) is 25.8 Å². The summed E-state index contributed by atoms with van der Waals surface area (Å²) >= 11 is 0. The molecule has 0 saturated carbocycles. The zero-order valence-electron chi connectivity index (χ0n) is 14.1. The maximum absolute atomic E-state index is 13.0. The lowest BCUT2D eigenvalue weighted by atomic mass is 10.0. The molecule has 1 saturated heterocycles. The number of hydrogen-bond donors (Lipinski definition) is 0. The Hall–Kier alpha value is -2.50. The van der Waals surface area contributed by atoms with Crippen molar-refractivity contribution in [3.05, 3.63) is 48.7 Å². The van der Waals surface area contributed by atoms with Crippen LogP contribution in [0, 0.1) is 0 Å². The number of carbonyl (C=O) groups is 2. The first-order valence-electron chi connectivity index (χ1n) is 8.24. The molecule has 0 unspecified atom stereocenters. The van der Waals surface area contributed by atoms with Crippen molar-refractivity contribution in [1.29, 1.82) is 0 Å². The van der Waals surface area contributed by atoms with Crippen LogP contribution in [0.1, 0.15) is 30.6 Å². The van der Waals surface area contributed by atoms with E-state index in [9.17, 15) is 9.59 Å². The first kappa shape index (κ1) is 16.4. The van der Waals surface area contributed by atoms with E-state index in [0.29, 0.717) is 31.7 Å². The minimum absolute atomic E-state index is 0.0391. The van der Waals surface area contributed by atoms with E-state index >= 15 is 0 Å². The number of carbonyl (C=O) groups excluding carboxylic acids is 2. The third kappa shape index (κ3) is 3.09. The van der Waals surface area contributed by atoms with E-state index in [1.807, 2.05) is 47.8 Å². The molecular formula is C18H23N3O3. The Kier molecular flexibility index (Phi) is 4.46. The average molecular weight is 329 g/mol. The first-order chi connectivity index (χ1) is 11.5. The van der Waals surface area contributed by atoms with Crippen LogP contribution in [0.15, 0.2) is 47.5 Å². The van der Waals surface area contributed by atoms with E-state index in [1.54, 1.807) is 11.0 Å². The van der Waals surface area contributed by atoms with Crippen molar-refractivity contribution in [2.75, 3.05) is 26.2 Å². The molecule has 24 heavy (non-hydrogen) atoms. The minimum atomic E-state index is -0.632. The molecule has 0 aliphatic carbocycles. The number of aromatic nitrogens is 1. The topological polar surface area (TPSA) is 58.7 Å². The van der Waals surface area contributed by atoms with E-state index in [1.165, 1.54) is 12.5 Å². The van der Waals surface area contributed by atoms with Crippen LogP contribution >= 0.6 is 0 Å². The van der Waals surface area contributed by atoms with Gasteiger partial charge in [-0.1, -0.05) is 0 Å². The fourth-order valence-corrected chi connectivity index (χ4v) is 3.10. The molecule has 2 aromatic rings. The van der Waals surface area contributed by atoms with Gasteiger partial charge in [-0.3, -0.25) is 9.59 Å². The van der Waals surface area contributed by atoms with Gasteiger partial charge >= 0.3 is 0 Å². The molecule has 2 aromatic heterocycles. The zero-order chi connectivity index (χ0) is 17.2. The van der Waals surface area contributed by atoms with Gasteiger partial charge in [0.2, 0.25) is 5.91 Å². The predicted molar refractivity (Wildman–Crippen MR) is 89.6 cm³/mol. The summed E-state index contributed by atoms with van der Waals surface area (Å²) in [5.41, 5.74) is -0.0739. The monoisotopic (exact) mass is 329 g/mol. The van der Waals surface area contributed by atoms with Gasteiger partial charge in [-0.2, -0.15) is 0 Å². The Morgan fingerprint density at radius 1 is 1.04 bits per heavy atom. The largest absolute Gasteiger partial charge is 0.472 e. The molecule has 0 atom stereocenters. The van der Waals surface area contributed by atoms with Crippen LogP contribution in [0.2, 0.25) is 0 Å². The fraction of sp³-hybridized carbons (Fsp3) is 0.444. The maximum Gasteiger partial charge on any atom is 0.257 e. The summed E-state index contributed by atoms with van der Waals surface area (Å²) in [7, 11) is 0. The second kappa shape index (κ2) is 6.55. The van der Waals surface area contributed by atoms with Crippen molar-refractivity contribution in [2.24, 2.45) is 0 Å². The molecule has 6 nitrogen and oxygen atoms in total. The summed E-state index contributed by atoms with van der Waals surface area (Å²) in [6.45, 7) is 6.25. The lowest BCUT2D eigenvalue weighted by Gasteiger charge is -2.32. The Bertz CT molecular complexity index is 689. The third-order valence-electron chi connectivity index (χ3n) is 4.61. The summed E-state index contributed by atoms with van der Waals surface area (Å²) in [5, 5.41) is 0. The van der Waals surface area contributed by atoms with Crippen LogP contribution in [0.4, 0.5) is 0 Å². The molecule has 0 spiro atoms. The van der Waals surface area contributed by atoms with Gasteiger partial charge in [-0.05, 0) is 38.5 Å². The first-order valence-corrected chi connectivity index (χ1v) is 8.24. The summed E-state index contributed by atoms with van der Waals surface area (Å²) in [4.78, 5) is 29.1. The van der Waals surface area contributed by atoms with Gasteiger partial charge in [0.15, 0.2) is 0 Å². The van der Waals surface area contributed by atoms with E-state index in [0.717, 1.165) is 6.42 Å². The molecule has 1 aliphatic heterocycles. The van der Waals surface area contributed by atoms with Crippen LogP contribution in [-0.2, 0) is 10.3 Å². The van der Waals surface area contributed by atoms with Gasteiger partial charge in [-0.25, -0.2) is 0 Å². The minimum Gasteiger partial charge on any atom is -0.472 e. The van der Waals surface area contributed by atoms with Crippen molar-refractivity contribution >= 4 is 11.8 Å². The molecule has 0 N–H and O–H groups in total.